The number of benzene rings is 2. The second-order valence-corrected chi connectivity index (χ2v) is 7.29. The van der Waals surface area contributed by atoms with Crippen LogP contribution in [0.2, 0.25) is 5.02 Å². The van der Waals surface area contributed by atoms with Gasteiger partial charge in [-0.15, -0.1) is 0 Å². The van der Waals surface area contributed by atoms with Crippen LogP contribution in [0, 0.1) is 0 Å². The minimum atomic E-state index is 0.0646. The van der Waals surface area contributed by atoms with Gasteiger partial charge in [-0.1, -0.05) is 38.4 Å². The van der Waals surface area contributed by atoms with Crippen LogP contribution in [0.3, 0.4) is 0 Å². The molecule has 0 unspecified atom stereocenters. The average molecular weight is 379 g/mol. The molecule has 26 heavy (non-hydrogen) atoms. The molecule has 0 saturated carbocycles. The third kappa shape index (κ3) is 6.43. The zero-order valence-corrected chi connectivity index (χ0v) is 16.6. The predicted octanol–water partition coefficient (Wildman–Crippen LogP) is 5.12. The van der Waals surface area contributed by atoms with Crippen LogP contribution in [0.25, 0.3) is 0 Å². The van der Waals surface area contributed by atoms with Crippen LogP contribution in [0.1, 0.15) is 26.3 Å². The fourth-order valence-corrected chi connectivity index (χ4v) is 2.52. The SMILES string of the molecule is COc1ccc(OCCOCCOc2ccc(C(C)(C)C)cc2Cl)cc1. The fourth-order valence-electron chi connectivity index (χ4n) is 2.29. The van der Waals surface area contributed by atoms with E-state index < -0.39 is 0 Å². The van der Waals surface area contributed by atoms with Crippen molar-refractivity contribution in [1.82, 2.24) is 0 Å². The first-order valence-corrected chi connectivity index (χ1v) is 9.05. The highest BCUT2D eigenvalue weighted by Crippen LogP contribution is 2.31. The van der Waals surface area contributed by atoms with Crippen molar-refractivity contribution in [1.29, 1.82) is 0 Å². The van der Waals surface area contributed by atoms with Crippen molar-refractivity contribution in [3.8, 4) is 17.2 Å². The molecular weight excluding hydrogens is 352 g/mol. The molecule has 0 aliphatic heterocycles. The van der Waals surface area contributed by atoms with Gasteiger partial charge in [-0.2, -0.15) is 0 Å². The van der Waals surface area contributed by atoms with Gasteiger partial charge in [0.25, 0.3) is 0 Å². The largest absolute Gasteiger partial charge is 0.497 e. The van der Waals surface area contributed by atoms with Crippen LogP contribution < -0.4 is 14.2 Å². The maximum Gasteiger partial charge on any atom is 0.138 e. The monoisotopic (exact) mass is 378 g/mol. The van der Waals surface area contributed by atoms with E-state index in [9.17, 15) is 0 Å². The van der Waals surface area contributed by atoms with Crippen LogP contribution in [0.4, 0.5) is 0 Å². The van der Waals surface area contributed by atoms with Gasteiger partial charge in [0.05, 0.1) is 25.3 Å². The van der Waals surface area contributed by atoms with Crippen LogP contribution in [0.5, 0.6) is 17.2 Å². The van der Waals surface area contributed by atoms with E-state index in [2.05, 4.69) is 20.8 Å². The molecule has 0 heterocycles. The molecule has 0 amide bonds. The number of ether oxygens (including phenoxy) is 4. The van der Waals surface area contributed by atoms with Gasteiger partial charge in [0, 0.05) is 0 Å². The summed E-state index contributed by atoms with van der Waals surface area (Å²) in [6, 6.07) is 13.4. The maximum absolute atomic E-state index is 6.29. The van der Waals surface area contributed by atoms with E-state index in [0.29, 0.717) is 37.2 Å². The summed E-state index contributed by atoms with van der Waals surface area (Å²) in [4.78, 5) is 0. The molecule has 0 bridgehead atoms. The molecule has 0 N–H and O–H groups in total. The fraction of sp³-hybridized carbons (Fsp3) is 0.429. The number of methoxy groups -OCH3 is 1. The van der Waals surface area contributed by atoms with Crippen molar-refractivity contribution in [2.24, 2.45) is 0 Å². The Hall–Kier alpha value is -1.91. The Morgan fingerprint density at radius 1 is 0.808 bits per heavy atom. The van der Waals surface area contributed by atoms with Crippen LogP contribution in [0.15, 0.2) is 42.5 Å². The maximum atomic E-state index is 6.29. The first-order chi connectivity index (χ1) is 12.4. The molecule has 0 aromatic heterocycles. The Bertz CT molecular complexity index is 677. The number of hydrogen-bond donors (Lipinski definition) is 0. The van der Waals surface area contributed by atoms with Crippen LogP contribution >= 0.6 is 11.6 Å². The highest BCUT2D eigenvalue weighted by atomic mass is 35.5. The van der Waals surface area contributed by atoms with Gasteiger partial charge in [-0.25, -0.2) is 0 Å². The summed E-state index contributed by atoms with van der Waals surface area (Å²) in [5.74, 6) is 2.27. The second kappa shape index (κ2) is 9.70. The van der Waals surface area contributed by atoms with Crippen LogP contribution in [-0.4, -0.2) is 33.5 Å². The van der Waals surface area contributed by atoms with E-state index in [1.807, 2.05) is 42.5 Å². The summed E-state index contributed by atoms with van der Waals surface area (Å²) < 4.78 is 21.9. The van der Waals surface area contributed by atoms with E-state index in [-0.39, 0.29) is 5.41 Å². The summed E-state index contributed by atoms with van der Waals surface area (Å²) in [7, 11) is 1.64. The third-order valence-electron chi connectivity index (χ3n) is 3.84. The minimum absolute atomic E-state index is 0.0646. The zero-order valence-electron chi connectivity index (χ0n) is 15.9. The first-order valence-electron chi connectivity index (χ1n) is 8.67. The lowest BCUT2D eigenvalue weighted by atomic mass is 9.87. The predicted molar refractivity (Wildman–Crippen MR) is 105 cm³/mol. The van der Waals surface area contributed by atoms with E-state index in [4.69, 9.17) is 30.5 Å². The molecule has 142 valence electrons. The van der Waals surface area contributed by atoms with Crippen molar-refractivity contribution < 1.29 is 18.9 Å². The smallest absolute Gasteiger partial charge is 0.138 e. The van der Waals surface area contributed by atoms with Gasteiger partial charge in [0.1, 0.15) is 30.5 Å². The summed E-state index contributed by atoms with van der Waals surface area (Å²) in [5, 5.41) is 0.625. The Morgan fingerprint density at radius 3 is 2.00 bits per heavy atom. The first kappa shape index (κ1) is 20.4. The Kier molecular flexibility index (Phi) is 7.61. The standard InChI is InChI=1S/C21H27ClO4/c1-21(2,3)16-5-10-20(19(22)15-16)26-14-12-24-11-13-25-18-8-6-17(23-4)7-9-18/h5-10,15H,11-14H2,1-4H3. The van der Waals surface area contributed by atoms with Gasteiger partial charge < -0.3 is 18.9 Å². The van der Waals surface area contributed by atoms with Gasteiger partial charge >= 0.3 is 0 Å². The van der Waals surface area contributed by atoms with E-state index >= 15 is 0 Å². The number of hydrogen-bond acceptors (Lipinski definition) is 4. The molecule has 0 saturated heterocycles. The second-order valence-electron chi connectivity index (χ2n) is 6.88. The summed E-state index contributed by atoms with van der Waals surface area (Å²) in [6.07, 6.45) is 0. The molecule has 0 aliphatic carbocycles. The Balaban J connectivity index is 1.63. The van der Waals surface area contributed by atoms with Crippen molar-refractivity contribution in [2.75, 3.05) is 33.5 Å². The van der Waals surface area contributed by atoms with Gasteiger partial charge in [0.15, 0.2) is 0 Å². The van der Waals surface area contributed by atoms with Gasteiger partial charge in [0.2, 0.25) is 0 Å². The molecule has 0 fully saturated rings. The summed E-state index contributed by atoms with van der Waals surface area (Å²) >= 11 is 6.29. The van der Waals surface area contributed by atoms with E-state index in [0.717, 1.165) is 11.5 Å². The molecule has 5 heteroatoms. The van der Waals surface area contributed by atoms with Crippen molar-refractivity contribution in [2.45, 2.75) is 26.2 Å². The highest BCUT2D eigenvalue weighted by Gasteiger charge is 2.15. The molecule has 0 aliphatic rings. The molecule has 0 radical (unpaired) electrons. The van der Waals surface area contributed by atoms with Crippen molar-refractivity contribution in [3.05, 3.63) is 53.1 Å². The lowest BCUT2D eigenvalue weighted by molar-refractivity contribution is 0.0764. The van der Waals surface area contributed by atoms with E-state index in [1.165, 1.54) is 5.56 Å². The summed E-state index contributed by atoms with van der Waals surface area (Å²) in [6.45, 7) is 8.35. The number of rotatable bonds is 9. The Labute approximate surface area is 161 Å². The topological polar surface area (TPSA) is 36.9 Å². The molecule has 0 spiro atoms. The average Bonchev–Trinajstić information content (AvgIpc) is 2.61. The van der Waals surface area contributed by atoms with Gasteiger partial charge in [-0.3, -0.25) is 0 Å². The Morgan fingerprint density at radius 2 is 1.42 bits per heavy atom. The third-order valence-corrected chi connectivity index (χ3v) is 4.13. The molecule has 4 nitrogen and oxygen atoms in total. The van der Waals surface area contributed by atoms with E-state index in [1.54, 1.807) is 7.11 Å². The van der Waals surface area contributed by atoms with Crippen molar-refractivity contribution in [3.63, 3.8) is 0 Å². The summed E-state index contributed by atoms with van der Waals surface area (Å²) in [5.41, 5.74) is 1.25. The highest BCUT2D eigenvalue weighted by molar-refractivity contribution is 6.32. The van der Waals surface area contributed by atoms with Crippen LogP contribution in [-0.2, 0) is 10.2 Å². The molecule has 2 aromatic rings. The quantitative estimate of drug-likeness (QED) is 0.567. The molecular formula is C21H27ClO4. The number of halogens is 1. The lowest BCUT2D eigenvalue weighted by Crippen LogP contribution is -2.13. The lowest BCUT2D eigenvalue weighted by Gasteiger charge is -2.20. The normalized spacial score (nSPS) is 11.3. The van der Waals surface area contributed by atoms with Crippen molar-refractivity contribution >= 4 is 11.6 Å². The minimum Gasteiger partial charge on any atom is -0.497 e. The van der Waals surface area contributed by atoms with Gasteiger partial charge in [-0.05, 0) is 47.4 Å². The molecule has 2 rings (SSSR count). The zero-order chi connectivity index (χ0) is 19.0. The molecule has 0 atom stereocenters. The molecule has 2 aromatic carbocycles.